The summed E-state index contributed by atoms with van der Waals surface area (Å²) in [6, 6.07) is 12.0. The Balaban J connectivity index is 1.92. The van der Waals surface area contributed by atoms with E-state index >= 15 is 0 Å². The van der Waals surface area contributed by atoms with Gasteiger partial charge in [0.15, 0.2) is 0 Å². The number of hydrogen-bond acceptors (Lipinski definition) is 5. The van der Waals surface area contributed by atoms with Crippen molar-refractivity contribution in [3.8, 4) is 17.2 Å². The predicted molar refractivity (Wildman–Crippen MR) is 82.4 cm³/mol. The molecule has 8 heteroatoms. The summed E-state index contributed by atoms with van der Waals surface area (Å²) < 4.78 is 50.1. The van der Waals surface area contributed by atoms with Gasteiger partial charge in [-0.3, -0.25) is 4.79 Å². The van der Waals surface area contributed by atoms with Crippen LogP contribution in [0.15, 0.2) is 53.4 Å². The van der Waals surface area contributed by atoms with Gasteiger partial charge in [-0.25, -0.2) is 0 Å². The lowest BCUT2D eigenvalue weighted by Crippen LogP contribution is -2.16. The van der Waals surface area contributed by atoms with E-state index in [2.05, 4.69) is 9.47 Å². The molecular weight excluding hydrogens is 345 g/mol. The zero-order chi connectivity index (χ0) is 17.6. The average molecular weight is 358 g/mol. The Morgan fingerprint density at radius 1 is 0.958 bits per heavy atom. The summed E-state index contributed by atoms with van der Waals surface area (Å²) >= 11 is 1.32. The molecule has 0 unspecified atom stereocenters. The maximum absolute atomic E-state index is 12.1. The van der Waals surface area contributed by atoms with Gasteiger partial charge >= 0.3 is 12.3 Å². The molecule has 0 radical (unpaired) electrons. The molecule has 24 heavy (non-hydrogen) atoms. The maximum atomic E-state index is 12.1. The molecule has 0 aliphatic carbocycles. The monoisotopic (exact) mass is 358 g/mol. The minimum absolute atomic E-state index is 0.206. The van der Waals surface area contributed by atoms with E-state index < -0.39 is 6.36 Å². The molecule has 2 rings (SSSR count). The molecule has 0 amide bonds. The number of thioether (sulfide) groups is 1. The summed E-state index contributed by atoms with van der Waals surface area (Å²) in [6.45, 7) is 0. The number of rotatable bonds is 6. The molecule has 2 aromatic rings. The molecule has 0 aliphatic rings. The molecule has 0 N–H and O–H groups in total. The first-order chi connectivity index (χ1) is 11.4. The van der Waals surface area contributed by atoms with Gasteiger partial charge < -0.3 is 14.2 Å². The van der Waals surface area contributed by atoms with Crippen LogP contribution in [0.4, 0.5) is 13.2 Å². The molecular formula is C16H13F3O4S. The lowest BCUT2D eigenvalue weighted by Gasteiger charge is -2.10. The van der Waals surface area contributed by atoms with Crippen molar-refractivity contribution in [3.05, 3.63) is 48.5 Å². The number of carbonyl (C=O) groups is 1. The van der Waals surface area contributed by atoms with Crippen molar-refractivity contribution in [2.24, 2.45) is 0 Å². The topological polar surface area (TPSA) is 44.8 Å². The molecule has 0 fully saturated rings. The molecule has 4 nitrogen and oxygen atoms in total. The lowest BCUT2D eigenvalue weighted by molar-refractivity contribution is -0.274. The first kappa shape index (κ1) is 18.0. The van der Waals surface area contributed by atoms with Crippen molar-refractivity contribution >= 4 is 17.7 Å². The summed E-state index contributed by atoms with van der Waals surface area (Å²) in [5, 5.41) is 0. The first-order valence-corrected chi connectivity index (χ1v) is 7.67. The fourth-order valence-corrected chi connectivity index (χ4v) is 2.38. The summed E-state index contributed by atoms with van der Waals surface area (Å²) in [5.74, 6) is 0.462. The second-order valence-corrected chi connectivity index (χ2v) is 5.51. The van der Waals surface area contributed by atoms with Crippen molar-refractivity contribution in [2.45, 2.75) is 11.3 Å². The van der Waals surface area contributed by atoms with Gasteiger partial charge in [0.05, 0.1) is 12.9 Å². The van der Waals surface area contributed by atoms with Crippen LogP contribution in [-0.4, -0.2) is 25.2 Å². The quantitative estimate of drug-likeness (QED) is 0.556. The van der Waals surface area contributed by atoms with Gasteiger partial charge in [-0.15, -0.1) is 24.9 Å². The van der Waals surface area contributed by atoms with Crippen LogP contribution in [0.1, 0.15) is 0 Å². The predicted octanol–water partition coefficient (Wildman–Crippen LogP) is 4.64. The Hall–Kier alpha value is -2.35. The third-order valence-electron chi connectivity index (χ3n) is 2.70. The van der Waals surface area contributed by atoms with Crippen LogP contribution in [0.2, 0.25) is 0 Å². The van der Waals surface area contributed by atoms with Crippen LogP contribution < -0.4 is 9.47 Å². The Morgan fingerprint density at radius 3 is 1.96 bits per heavy atom. The minimum atomic E-state index is -4.72. The van der Waals surface area contributed by atoms with Gasteiger partial charge in [-0.2, -0.15) is 0 Å². The largest absolute Gasteiger partial charge is 0.573 e. The second kappa shape index (κ2) is 7.96. The van der Waals surface area contributed by atoms with E-state index in [1.807, 2.05) is 0 Å². The highest BCUT2D eigenvalue weighted by molar-refractivity contribution is 8.00. The molecule has 0 bridgehead atoms. The Labute approximate surface area is 140 Å². The van der Waals surface area contributed by atoms with Crippen molar-refractivity contribution < 1.29 is 32.2 Å². The van der Waals surface area contributed by atoms with Crippen LogP contribution in [-0.2, 0) is 9.53 Å². The molecule has 0 atom stereocenters. The number of halogens is 3. The van der Waals surface area contributed by atoms with Crippen molar-refractivity contribution in [1.82, 2.24) is 0 Å². The Bertz CT molecular complexity index is 669. The molecule has 0 aromatic heterocycles. The van der Waals surface area contributed by atoms with Gasteiger partial charge in [0.2, 0.25) is 0 Å². The number of alkyl halides is 3. The number of hydrogen-bond donors (Lipinski definition) is 0. The summed E-state index contributed by atoms with van der Waals surface area (Å²) in [7, 11) is 1.32. The second-order valence-electron chi connectivity index (χ2n) is 4.46. The standard InChI is InChI=1S/C16H13F3O4S/c1-21-15(20)10-24-14-8-6-12(7-9-14)22-11-2-4-13(5-3-11)23-16(17,18)19/h2-9H,10H2,1H3. The van der Waals surface area contributed by atoms with Gasteiger partial charge in [-0.1, -0.05) is 0 Å². The number of esters is 1. The SMILES string of the molecule is COC(=O)CSc1ccc(Oc2ccc(OC(F)(F)F)cc2)cc1. The zero-order valence-corrected chi connectivity index (χ0v) is 13.3. The van der Waals surface area contributed by atoms with Crippen molar-refractivity contribution in [2.75, 3.05) is 12.9 Å². The number of ether oxygens (including phenoxy) is 3. The van der Waals surface area contributed by atoms with Crippen LogP contribution >= 0.6 is 11.8 Å². The Kier molecular flexibility index (Phi) is 5.97. The van der Waals surface area contributed by atoms with Crippen molar-refractivity contribution in [1.29, 1.82) is 0 Å². The molecule has 0 spiro atoms. The van der Waals surface area contributed by atoms with Gasteiger partial charge in [-0.05, 0) is 48.5 Å². The molecule has 0 saturated carbocycles. The van der Waals surface area contributed by atoms with E-state index in [9.17, 15) is 18.0 Å². The van der Waals surface area contributed by atoms with Crippen molar-refractivity contribution in [3.63, 3.8) is 0 Å². The number of benzene rings is 2. The van der Waals surface area contributed by atoms with Gasteiger partial charge in [0, 0.05) is 4.90 Å². The van der Waals surface area contributed by atoms with E-state index in [4.69, 9.17) is 4.74 Å². The minimum Gasteiger partial charge on any atom is -0.468 e. The van der Waals surface area contributed by atoms with E-state index in [1.165, 1.54) is 43.1 Å². The van der Waals surface area contributed by atoms with E-state index in [0.717, 1.165) is 4.90 Å². The van der Waals surface area contributed by atoms with Gasteiger partial charge in [0.25, 0.3) is 0 Å². The summed E-state index contributed by atoms with van der Waals surface area (Å²) in [5.41, 5.74) is 0. The fourth-order valence-electron chi connectivity index (χ4n) is 1.65. The third-order valence-corrected chi connectivity index (χ3v) is 3.69. The smallest absolute Gasteiger partial charge is 0.468 e. The fraction of sp³-hybridized carbons (Fsp3) is 0.188. The first-order valence-electron chi connectivity index (χ1n) is 6.69. The average Bonchev–Trinajstić information content (AvgIpc) is 2.54. The van der Waals surface area contributed by atoms with E-state index in [0.29, 0.717) is 11.5 Å². The zero-order valence-electron chi connectivity index (χ0n) is 12.5. The third kappa shape index (κ3) is 6.04. The normalized spacial score (nSPS) is 11.0. The molecule has 2 aromatic carbocycles. The van der Waals surface area contributed by atoms with Gasteiger partial charge in [0.1, 0.15) is 17.2 Å². The number of methoxy groups -OCH3 is 1. The van der Waals surface area contributed by atoms with E-state index in [-0.39, 0.29) is 17.5 Å². The highest BCUT2D eigenvalue weighted by Crippen LogP contribution is 2.28. The number of carbonyl (C=O) groups excluding carboxylic acids is 1. The molecule has 128 valence electrons. The summed E-state index contributed by atoms with van der Waals surface area (Å²) in [6.07, 6.45) is -4.72. The van der Waals surface area contributed by atoms with Crippen LogP contribution in [0.25, 0.3) is 0 Å². The molecule has 0 aliphatic heterocycles. The highest BCUT2D eigenvalue weighted by atomic mass is 32.2. The van der Waals surface area contributed by atoms with E-state index in [1.54, 1.807) is 24.3 Å². The van der Waals surface area contributed by atoms with Crippen LogP contribution in [0, 0.1) is 0 Å². The maximum Gasteiger partial charge on any atom is 0.573 e. The molecule has 0 saturated heterocycles. The summed E-state index contributed by atoms with van der Waals surface area (Å²) in [4.78, 5) is 11.9. The lowest BCUT2D eigenvalue weighted by atomic mass is 10.3. The Morgan fingerprint density at radius 2 is 1.46 bits per heavy atom. The van der Waals surface area contributed by atoms with Crippen LogP contribution in [0.3, 0.4) is 0 Å². The highest BCUT2D eigenvalue weighted by Gasteiger charge is 2.30. The van der Waals surface area contributed by atoms with Crippen LogP contribution in [0.5, 0.6) is 17.2 Å². The molecule has 0 heterocycles.